The van der Waals surface area contributed by atoms with Crippen molar-refractivity contribution in [2.45, 2.75) is 65.5 Å². The Kier molecular flexibility index (Phi) is 10.4. The quantitative estimate of drug-likeness (QED) is 0.177. The Morgan fingerprint density at radius 2 is 1.75 bits per heavy atom. The van der Waals surface area contributed by atoms with Crippen molar-refractivity contribution in [3.8, 4) is 17.2 Å². The highest BCUT2D eigenvalue weighted by molar-refractivity contribution is 6.30. The number of halogens is 2. The molecule has 0 saturated heterocycles. The summed E-state index contributed by atoms with van der Waals surface area (Å²) in [7, 11) is 1.71. The Bertz CT molecular complexity index is 1600. The molecule has 0 aliphatic rings. The maximum Gasteiger partial charge on any atom is 0.223 e. The third-order valence-electron chi connectivity index (χ3n) is 7.61. The first kappa shape index (κ1) is 32.7. The van der Waals surface area contributed by atoms with Crippen molar-refractivity contribution < 1.29 is 18.7 Å². The zero-order chi connectivity index (χ0) is 32.0. The minimum absolute atomic E-state index is 0.0156. The van der Waals surface area contributed by atoms with Crippen molar-refractivity contribution in [3.63, 3.8) is 0 Å². The zero-order valence-electron chi connectivity index (χ0n) is 26.1. The van der Waals surface area contributed by atoms with E-state index in [1.54, 1.807) is 53.9 Å². The van der Waals surface area contributed by atoms with Crippen LogP contribution in [0, 0.1) is 5.82 Å². The number of benzene rings is 3. The highest BCUT2D eigenvalue weighted by Crippen LogP contribution is 2.33. The molecule has 3 aromatic carbocycles. The second kappa shape index (κ2) is 14.0. The molecule has 1 atom stereocenters. The minimum Gasteiger partial charge on any atom is -0.457 e. The van der Waals surface area contributed by atoms with Crippen molar-refractivity contribution in [1.82, 2.24) is 24.8 Å². The molecule has 44 heavy (non-hydrogen) atoms. The van der Waals surface area contributed by atoms with Crippen LogP contribution in [0.15, 0.2) is 72.9 Å². The smallest absolute Gasteiger partial charge is 0.223 e. The van der Waals surface area contributed by atoms with Gasteiger partial charge in [0.05, 0.1) is 23.6 Å². The molecule has 0 saturated carbocycles. The summed E-state index contributed by atoms with van der Waals surface area (Å²) in [4.78, 5) is 28.9. The van der Waals surface area contributed by atoms with Gasteiger partial charge in [-0.3, -0.25) is 9.59 Å². The highest BCUT2D eigenvalue weighted by Gasteiger charge is 2.24. The van der Waals surface area contributed by atoms with Gasteiger partial charge in [0.2, 0.25) is 11.8 Å². The largest absolute Gasteiger partial charge is 0.457 e. The highest BCUT2D eigenvalue weighted by atomic mass is 35.5. The predicted molar refractivity (Wildman–Crippen MR) is 170 cm³/mol. The average Bonchev–Trinajstić information content (AvgIpc) is 3.45. The Balaban J connectivity index is 1.43. The molecule has 0 bridgehead atoms. The van der Waals surface area contributed by atoms with Crippen molar-refractivity contribution in [3.05, 3.63) is 101 Å². The zero-order valence-corrected chi connectivity index (χ0v) is 26.8. The Labute approximate surface area is 263 Å². The number of aryl methyl sites for hydroxylation is 1. The number of para-hydroxylation sites is 1. The lowest BCUT2D eigenvalue weighted by atomic mass is 10.0. The predicted octanol–water partition coefficient (Wildman–Crippen LogP) is 7.19. The van der Waals surface area contributed by atoms with E-state index in [1.807, 2.05) is 63.1 Å². The number of carbonyl (C=O) groups excluding carboxylic acids is 2. The third-order valence-corrected chi connectivity index (χ3v) is 7.86. The Morgan fingerprint density at radius 3 is 2.43 bits per heavy atom. The van der Waals surface area contributed by atoms with Crippen LogP contribution in [0.5, 0.6) is 11.5 Å². The molecular formula is C34H39ClFN5O3. The summed E-state index contributed by atoms with van der Waals surface area (Å²) in [5.74, 6) is 0.523. The van der Waals surface area contributed by atoms with Crippen LogP contribution in [0.1, 0.15) is 63.9 Å². The van der Waals surface area contributed by atoms with Gasteiger partial charge in [-0.05, 0) is 88.2 Å². The molecule has 0 radical (unpaired) electrons. The second-order valence-electron chi connectivity index (χ2n) is 11.8. The van der Waals surface area contributed by atoms with Crippen LogP contribution < -0.4 is 4.74 Å². The molecule has 2 amide bonds. The van der Waals surface area contributed by atoms with Crippen molar-refractivity contribution >= 4 is 23.4 Å². The maximum absolute atomic E-state index is 14.3. The lowest BCUT2D eigenvalue weighted by molar-refractivity contribution is -0.133. The van der Waals surface area contributed by atoms with Crippen LogP contribution in [-0.2, 0) is 22.4 Å². The van der Waals surface area contributed by atoms with Gasteiger partial charge in [-0.25, -0.2) is 9.07 Å². The molecule has 4 aromatic rings. The average molecular weight is 620 g/mol. The van der Waals surface area contributed by atoms with Gasteiger partial charge in [0.15, 0.2) is 0 Å². The van der Waals surface area contributed by atoms with Crippen LogP contribution in [0.4, 0.5) is 4.39 Å². The fourth-order valence-electron chi connectivity index (χ4n) is 5.08. The summed E-state index contributed by atoms with van der Waals surface area (Å²) in [6, 6.07) is 18.5. The number of amides is 2. The number of hydrogen-bond donors (Lipinski definition) is 0. The van der Waals surface area contributed by atoms with E-state index in [-0.39, 0.29) is 23.8 Å². The SMILES string of the molecule is CC(=O)N(CCc1cn(-c2ccccc2CCC(=O)N(C)C(C)c2cc(F)ccc2Oc2ccc(Cl)cc2)nn1)C(C)(C)C. The Hall–Kier alpha value is -4.24. The lowest BCUT2D eigenvalue weighted by Gasteiger charge is -2.34. The van der Waals surface area contributed by atoms with Crippen LogP contribution in [0.25, 0.3) is 5.69 Å². The topological polar surface area (TPSA) is 80.6 Å². The first-order chi connectivity index (χ1) is 20.8. The lowest BCUT2D eigenvalue weighted by Crippen LogP contribution is -2.45. The van der Waals surface area contributed by atoms with E-state index in [2.05, 4.69) is 10.3 Å². The molecule has 8 nitrogen and oxygen atoms in total. The van der Waals surface area contributed by atoms with Crippen molar-refractivity contribution in [2.24, 2.45) is 0 Å². The summed E-state index contributed by atoms with van der Waals surface area (Å²) >= 11 is 5.99. The summed E-state index contributed by atoms with van der Waals surface area (Å²) in [6.45, 7) is 9.98. The van der Waals surface area contributed by atoms with E-state index >= 15 is 0 Å². The molecule has 0 spiro atoms. The summed E-state index contributed by atoms with van der Waals surface area (Å²) < 4.78 is 22.0. The van der Waals surface area contributed by atoms with Gasteiger partial charge in [0.25, 0.3) is 0 Å². The number of hydrogen-bond acceptors (Lipinski definition) is 5. The van der Waals surface area contributed by atoms with Crippen molar-refractivity contribution in [1.29, 1.82) is 0 Å². The molecular weight excluding hydrogens is 581 g/mol. The van der Waals surface area contributed by atoms with E-state index in [1.165, 1.54) is 12.1 Å². The van der Waals surface area contributed by atoms with Crippen LogP contribution in [-0.4, -0.2) is 55.7 Å². The monoisotopic (exact) mass is 619 g/mol. The van der Waals surface area contributed by atoms with Gasteiger partial charge in [-0.1, -0.05) is 35.0 Å². The van der Waals surface area contributed by atoms with Crippen LogP contribution >= 0.6 is 11.6 Å². The first-order valence-corrected chi connectivity index (χ1v) is 15.0. The molecule has 10 heteroatoms. The van der Waals surface area contributed by atoms with E-state index in [9.17, 15) is 14.0 Å². The molecule has 0 aliphatic carbocycles. The summed E-state index contributed by atoms with van der Waals surface area (Å²) in [6.07, 6.45) is 3.15. The maximum atomic E-state index is 14.3. The molecule has 0 N–H and O–H groups in total. The van der Waals surface area contributed by atoms with E-state index in [4.69, 9.17) is 16.3 Å². The molecule has 1 unspecified atom stereocenters. The molecule has 1 aromatic heterocycles. The van der Waals surface area contributed by atoms with E-state index in [0.717, 1.165) is 16.9 Å². The normalized spacial score (nSPS) is 12.1. The third kappa shape index (κ3) is 8.23. The van der Waals surface area contributed by atoms with Gasteiger partial charge < -0.3 is 14.5 Å². The number of nitrogens with zero attached hydrogens (tertiary/aromatic N) is 5. The molecule has 232 valence electrons. The van der Waals surface area contributed by atoms with Crippen LogP contribution in [0.2, 0.25) is 5.02 Å². The second-order valence-corrected chi connectivity index (χ2v) is 12.2. The van der Waals surface area contributed by atoms with Gasteiger partial charge in [0.1, 0.15) is 17.3 Å². The Morgan fingerprint density at radius 1 is 1.05 bits per heavy atom. The van der Waals surface area contributed by atoms with Crippen molar-refractivity contribution in [2.75, 3.05) is 13.6 Å². The number of aromatic nitrogens is 3. The fraction of sp³-hybridized carbons (Fsp3) is 0.353. The van der Waals surface area contributed by atoms with E-state index in [0.29, 0.717) is 41.5 Å². The van der Waals surface area contributed by atoms with Gasteiger partial charge in [-0.2, -0.15) is 0 Å². The fourth-order valence-corrected chi connectivity index (χ4v) is 5.20. The minimum atomic E-state index is -0.448. The van der Waals surface area contributed by atoms with Gasteiger partial charge in [0, 0.05) is 49.5 Å². The molecule has 0 aliphatic heterocycles. The standard InChI is InChI=1S/C34H39ClFN5O3/c1-23(30-21-27(36)14-17-32(30)44-29-15-12-26(35)13-16-29)39(6)33(43)18-11-25-9-7-8-10-31(25)41-22-28(37-38-41)19-20-40(24(2)42)34(3,4)5/h7-10,12-17,21-23H,11,18-20H2,1-6H3. The van der Waals surface area contributed by atoms with Gasteiger partial charge in [-0.15, -0.1) is 5.10 Å². The molecule has 1 heterocycles. The summed E-state index contributed by atoms with van der Waals surface area (Å²) in [5.41, 5.74) is 2.81. The number of carbonyl (C=O) groups is 2. The van der Waals surface area contributed by atoms with E-state index < -0.39 is 11.9 Å². The van der Waals surface area contributed by atoms with Crippen LogP contribution in [0.3, 0.4) is 0 Å². The number of rotatable bonds is 11. The molecule has 4 rings (SSSR count). The number of ether oxygens (including phenoxy) is 1. The summed E-state index contributed by atoms with van der Waals surface area (Å²) in [5, 5.41) is 9.24. The van der Waals surface area contributed by atoms with Gasteiger partial charge >= 0.3 is 0 Å². The molecule has 0 fully saturated rings. The first-order valence-electron chi connectivity index (χ1n) is 14.6.